The molecule has 2 amide bonds. The SMILES string of the molecule is CC(c1cn(Cc2ncn[nH]2)c(=O)c2ccccc12)N(C)C(=O)Nc1ccc(F)c(Cl)c1. The minimum Gasteiger partial charge on any atom is -0.321 e. The van der Waals surface area contributed by atoms with E-state index in [9.17, 15) is 14.0 Å². The van der Waals surface area contributed by atoms with Gasteiger partial charge in [-0.1, -0.05) is 29.8 Å². The number of carbonyl (C=O) groups is 1. The third-order valence-corrected chi connectivity index (χ3v) is 5.62. The van der Waals surface area contributed by atoms with Crippen molar-refractivity contribution in [3.05, 3.63) is 87.6 Å². The van der Waals surface area contributed by atoms with E-state index in [-0.39, 0.29) is 17.1 Å². The van der Waals surface area contributed by atoms with Crippen molar-refractivity contribution in [3.63, 3.8) is 0 Å². The van der Waals surface area contributed by atoms with E-state index >= 15 is 0 Å². The van der Waals surface area contributed by atoms with E-state index in [0.29, 0.717) is 16.9 Å². The van der Waals surface area contributed by atoms with Crippen LogP contribution in [0.2, 0.25) is 5.02 Å². The highest BCUT2D eigenvalue weighted by molar-refractivity contribution is 6.31. The number of amides is 2. The van der Waals surface area contributed by atoms with Crippen molar-refractivity contribution in [2.24, 2.45) is 0 Å². The third-order valence-electron chi connectivity index (χ3n) is 5.33. The number of nitrogens with zero attached hydrogens (tertiary/aromatic N) is 4. The van der Waals surface area contributed by atoms with Crippen LogP contribution in [-0.4, -0.2) is 37.7 Å². The number of fused-ring (bicyclic) bond motifs is 1. The van der Waals surface area contributed by atoms with E-state index in [2.05, 4.69) is 20.5 Å². The molecule has 1 unspecified atom stereocenters. The first-order valence-electron chi connectivity index (χ1n) is 9.80. The lowest BCUT2D eigenvalue weighted by Gasteiger charge is -2.27. The largest absolute Gasteiger partial charge is 0.322 e. The maximum atomic E-state index is 13.4. The van der Waals surface area contributed by atoms with Gasteiger partial charge in [0, 0.05) is 24.3 Å². The average Bonchev–Trinajstić information content (AvgIpc) is 3.30. The van der Waals surface area contributed by atoms with Crippen LogP contribution >= 0.6 is 11.6 Å². The Labute approximate surface area is 187 Å². The van der Waals surface area contributed by atoms with Crippen LogP contribution in [0.15, 0.2) is 59.8 Å². The van der Waals surface area contributed by atoms with E-state index in [0.717, 1.165) is 10.9 Å². The number of H-pyrrole nitrogens is 1. The summed E-state index contributed by atoms with van der Waals surface area (Å²) < 4.78 is 14.9. The molecule has 1 atom stereocenters. The molecule has 4 rings (SSSR count). The molecule has 4 aromatic rings. The average molecular weight is 455 g/mol. The summed E-state index contributed by atoms with van der Waals surface area (Å²) in [7, 11) is 1.64. The summed E-state index contributed by atoms with van der Waals surface area (Å²) in [6.45, 7) is 2.08. The summed E-state index contributed by atoms with van der Waals surface area (Å²) in [6.07, 6.45) is 3.11. The molecule has 0 aliphatic rings. The first-order chi connectivity index (χ1) is 15.3. The van der Waals surface area contributed by atoms with Crippen molar-refractivity contribution in [2.45, 2.75) is 19.5 Å². The second-order valence-corrected chi connectivity index (χ2v) is 7.75. The minimum absolute atomic E-state index is 0.0796. The molecule has 0 saturated heterocycles. The molecule has 2 aromatic heterocycles. The first kappa shape index (κ1) is 21.5. The zero-order valence-electron chi connectivity index (χ0n) is 17.3. The molecule has 0 bridgehead atoms. The van der Waals surface area contributed by atoms with Gasteiger partial charge in [-0.05, 0) is 42.1 Å². The molecule has 2 heterocycles. The normalized spacial score (nSPS) is 12.0. The molecule has 2 N–H and O–H groups in total. The zero-order valence-corrected chi connectivity index (χ0v) is 18.1. The van der Waals surface area contributed by atoms with Crippen LogP contribution in [0.25, 0.3) is 10.8 Å². The quantitative estimate of drug-likeness (QED) is 0.472. The molecule has 164 valence electrons. The minimum atomic E-state index is -0.563. The number of carbonyl (C=O) groups excluding carboxylic acids is 1. The number of rotatable bonds is 5. The van der Waals surface area contributed by atoms with Gasteiger partial charge in [-0.15, -0.1) is 0 Å². The predicted octanol–water partition coefficient (Wildman–Crippen LogP) is 4.19. The number of hydrogen-bond acceptors (Lipinski definition) is 4. The molecule has 0 radical (unpaired) electrons. The number of halogens is 2. The van der Waals surface area contributed by atoms with Crippen molar-refractivity contribution in [2.75, 3.05) is 12.4 Å². The summed E-state index contributed by atoms with van der Waals surface area (Å²) in [5.41, 5.74) is 0.996. The van der Waals surface area contributed by atoms with Gasteiger partial charge in [0.1, 0.15) is 18.0 Å². The molecule has 0 aliphatic heterocycles. The lowest BCUT2D eigenvalue weighted by Crippen LogP contribution is -2.34. The number of nitrogens with one attached hydrogen (secondary N) is 2. The molecular formula is C22H20ClFN6O2. The van der Waals surface area contributed by atoms with Gasteiger partial charge in [-0.25, -0.2) is 14.2 Å². The summed E-state index contributed by atoms with van der Waals surface area (Å²) in [6, 6.07) is 10.4. The summed E-state index contributed by atoms with van der Waals surface area (Å²) in [4.78, 5) is 31.4. The third kappa shape index (κ3) is 4.19. The molecular weight excluding hydrogens is 435 g/mol. The van der Waals surface area contributed by atoms with Crippen LogP contribution in [0.5, 0.6) is 0 Å². The maximum Gasteiger partial charge on any atom is 0.322 e. The van der Waals surface area contributed by atoms with Gasteiger partial charge >= 0.3 is 6.03 Å². The van der Waals surface area contributed by atoms with Gasteiger partial charge in [0.15, 0.2) is 0 Å². The number of aromatic amines is 1. The Morgan fingerprint density at radius 2 is 2.03 bits per heavy atom. The van der Waals surface area contributed by atoms with E-state index in [4.69, 9.17) is 11.6 Å². The van der Waals surface area contributed by atoms with Crippen molar-refractivity contribution in [1.29, 1.82) is 0 Å². The van der Waals surface area contributed by atoms with Crippen LogP contribution in [0.4, 0.5) is 14.9 Å². The topological polar surface area (TPSA) is 95.9 Å². The highest BCUT2D eigenvalue weighted by Crippen LogP contribution is 2.27. The number of urea groups is 1. The fourth-order valence-corrected chi connectivity index (χ4v) is 3.64. The van der Waals surface area contributed by atoms with Crippen LogP contribution in [0, 0.1) is 5.82 Å². The zero-order chi connectivity index (χ0) is 22.8. The number of aromatic nitrogens is 4. The Morgan fingerprint density at radius 3 is 2.72 bits per heavy atom. The Balaban J connectivity index is 1.67. The summed E-state index contributed by atoms with van der Waals surface area (Å²) in [5.74, 6) is -0.0212. The first-order valence-corrected chi connectivity index (χ1v) is 10.2. The second-order valence-electron chi connectivity index (χ2n) is 7.34. The van der Waals surface area contributed by atoms with Crippen molar-refractivity contribution >= 4 is 34.1 Å². The van der Waals surface area contributed by atoms with Crippen LogP contribution < -0.4 is 10.9 Å². The Morgan fingerprint density at radius 1 is 1.28 bits per heavy atom. The lowest BCUT2D eigenvalue weighted by molar-refractivity contribution is 0.208. The van der Waals surface area contributed by atoms with Crippen LogP contribution in [0.1, 0.15) is 24.4 Å². The molecule has 8 nitrogen and oxygen atoms in total. The summed E-state index contributed by atoms with van der Waals surface area (Å²) in [5, 5.41) is 10.5. The van der Waals surface area contributed by atoms with Gasteiger partial charge in [0.2, 0.25) is 0 Å². The number of hydrogen-bond donors (Lipinski definition) is 2. The van der Waals surface area contributed by atoms with Crippen molar-refractivity contribution < 1.29 is 9.18 Å². The maximum absolute atomic E-state index is 13.4. The van der Waals surface area contributed by atoms with Gasteiger partial charge in [-0.3, -0.25) is 9.89 Å². The molecule has 0 spiro atoms. The second kappa shape index (κ2) is 8.80. The van der Waals surface area contributed by atoms with E-state index in [1.165, 1.54) is 29.4 Å². The standard InChI is InChI=1S/C22H20ClFN6O2/c1-13(29(2)22(32)27-14-7-8-19(24)18(23)9-14)17-10-30(11-20-25-12-26-28-20)21(31)16-6-4-3-5-15(16)17/h3-10,12-13H,11H2,1-2H3,(H,27,32)(H,25,26,28). The number of benzene rings is 2. The molecule has 0 aliphatic carbocycles. The van der Waals surface area contributed by atoms with Crippen molar-refractivity contribution in [1.82, 2.24) is 24.6 Å². The van der Waals surface area contributed by atoms with Gasteiger partial charge in [-0.2, -0.15) is 5.10 Å². The fourth-order valence-electron chi connectivity index (χ4n) is 3.46. The summed E-state index contributed by atoms with van der Waals surface area (Å²) >= 11 is 5.81. The van der Waals surface area contributed by atoms with Crippen LogP contribution in [0.3, 0.4) is 0 Å². The molecule has 10 heteroatoms. The van der Waals surface area contributed by atoms with Crippen LogP contribution in [-0.2, 0) is 6.54 Å². The smallest absolute Gasteiger partial charge is 0.321 e. The van der Waals surface area contributed by atoms with Gasteiger partial charge < -0.3 is 14.8 Å². The molecule has 0 saturated carbocycles. The van der Waals surface area contributed by atoms with E-state index in [1.807, 2.05) is 19.1 Å². The molecule has 0 fully saturated rings. The highest BCUT2D eigenvalue weighted by atomic mass is 35.5. The highest BCUT2D eigenvalue weighted by Gasteiger charge is 2.22. The fraction of sp³-hybridized carbons (Fsp3) is 0.182. The van der Waals surface area contributed by atoms with E-state index < -0.39 is 17.9 Å². The number of pyridine rings is 1. The van der Waals surface area contributed by atoms with Crippen molar-refractivity contribution in [3.8, 4) is 0 Å². The number of anilines is 1. The van der Waals surface area contributed by atoms with Gasteiger partial charge in [0.05, 0.1) is 17.6 Å². The molecule has 32 heavy (non-hydrogen) atoms. The lowest BCUT2D eigenvalue weighted by atomic mass is 10.0. The molecule has 2 aromatic carbocycles. The monoisotopic (exact) mass is 454 g/mol. The Kier molecular flexibility index (Phi) is 5.91. The predicted molar refractivity (Wildman–Crippen MR) is 120 cm³/mol. The van der Waals surface area contributed by atoms with E-state index in [1.54, 1.807) is 29.9 Å². The Hall–Kier alpha value is -3.72. The van der Waals surface area contributed by atoms with Gasteiger partial charge in [0.25, 0.3) is 5.56 Å². The Bertz CT molecular complexity index is 1340.